The van der Waals surface area contributed by atoms with Crippen LogP contribution in [-0.4, -0.2) is 15.2 Å². The number of aromatic nitrogens is 3. The van der Waals surface area contributed by atoms with Gasteiger partial charge in [-0.15, -0.1) is 10.2 Å². The summed E-state index contributed by atoms with van der Waals surface area (Å²) in [5.41, 5.74) is 1.77. The summed E-state index contributed by atoms with van der Waals surface area (Å²) in [5.74, 6) is 2.86. The first-order chi connectivity index (χ1) is 10.8. The molecule has 1 aliphatic rings. The fourth-order valence-corrected chi connectivity index (χ4v) is 2.22. The van der Waals surface area contributed by atoms with Gasteiger partial charge in [0, 0.05) is 12.0 Å². The van der Waals surface area contributed by atoms with Gasteiger partial charge in [-0.25, -0.2) is 4.98 Å². The van der Waals surface area contributed by atoms with Crippen LogP contribution in [-0.2, 0) is 0 Å². The highest BCUT2D eigenvalue weighted by atomic mass is 16.5. The van der Waals surface area contributed by atoms with Crippen molar-refractivity contribution < 1.29 is 9.15 Å². The molecule has 0 unspecified atom stereocenters. The van der Waals surface area contributed by atoms with Crippen LogP contribution in [0.2, 0.25) is 0 Å². The largest absolute Gasteiger partial charge is 0.439 e. The molecular weight excluding hydrogens is 278 g/mol. The molecule has 1 saturated carbocycles. The molecule has 0 radical (unpaired) electrons. The van der Waals surface area contributed by atoms with E-state index in [-0.39, 0.29) is 0 Å². The number of hydrogen-bond donors (Lipinski definition) is 0. The second-order valence-electron chi connectivity index (χ2n) is 5.50. The lowest BCUT2D eigenvalue weighted by atomic mass is 10.2. The predicted molar refractivity (Wildman–Crippen MR) is 80.8 cm³/mol. The standard InChI is InChI=1S/C17H15N3O2/c1-11-4-2-5-13(10-11)21-15-7-3-6-14(18-15)17-20-19-16(22-17)12-8-9-12/h2-7,10,12H,8-9H2,1H3. The molecule has 0 aliphatic heterocycles. The van der Waals surface area contributed by atoms with Crippen molar-refractivity contribution in [2.45, 2.75) is 25.7 Å². The average Bonchev–Trinajstić information content (AvgIpc) is 3.25. The molecular formula is C17H15N3O2. The smallest absolute Gasteiger partial charge is 0.266 e. The van der Waals surface area contributed by atoms with Gasteiger partial charge in [-0.05, 0) is 43.5 Å². The summed E-state index contributed by atoms with van der Waals surface area (Å²) in [6, 6.07) is 13.4. The molecule has 1 aromatic carbocycles. The van der Waals surface area contributed by atoms with Crippen LogP contribution in [0.25, 0.3) is 11.6 Å². The molecule has 3 aromatic rings. The maximum absolute atomic E-state index is 5.79. The van der Waals surface area contributed by atoms with Crippen LogP contribution < -0.4 is 4.74 Å². The Bertz CT molecular complexity index is 809. The van der Waals surface area contributed by atoms with E-state index in [1.54, 1.807) is 0 Å². The summed E-state index contributed by atoms with van der Waals surface area (Å²) in [4.78, 5) is 4.44. The van der Waals surface area contributed by atoms with E-state index in [0.29, 0.717) is 29.3 Å². The first-order valence-corrected chi connectivity index (χ1v) is 7.33. The second kappa shape index (κ2) is 5.26. The van der Waals surface area contributed by atoms with Crippen molar-refractivity contribution in [3.63, 3.8) is 0 Å². The zero-order valence-electron chi connectivity index (χ0n) is 12.2. The van der Waals surface area contributed by atoms with Crippen molar-refractivity contribution in [2.24, 2.45) is 0 Å². The number of ether oxygens (including phenoxy) is 1. The van der Waals surface area contributed by atoms with Crippen LogP contribution in [0.4, 0.5) is 0 Å². The Kier molecular flexibility index (Phi) is 3.11. The van der Waals surface area contributed by atoms with Crippen LogP contribution in [0.15, 0.2) is 46.9 Å². The fraction of sp³-hybridized carbons (Fsp3) is 0.235. The molecule has 22 heavy (non-hydrogen) atoms. The highest BCUT2D eigenvalue weighted by Crippen LogP contribution is 2.39. The van der Waals surface area contributed by atoms with Gasteiger partial charge in [-0.3, -0.25) is 0 Å². The van der Waals surface area contributed by atoms with E-state index in [2.05, 4.69) is 15.2 Å². The van der Waals surface area contributed by atoms with Crippen molar-refractivity contribution in [3.8, 4) is 23.2 Å². The molecule has 1 fully saturated rings. The van der Waals surface area contributed by atoms with Gasteiger partial charge in [0.2, 0.25) is 11.8 Å². The summed E-state index contributed by atoms with van der Waals surface area (Å²) >= 11 is 0. The van der Waals surface area contributed by atoms with E-state index < -0.39 is 0 Å². The van der Waals surface area contributed by atoms with Gasteiger partial charge in [0.25, 0.3) is 5.89 Å². The minimum absolute atomic E-state index is 0.438. The van der Waals surface area contributed by atoms with Gasteiger partial charge in [0.1, 0.15) is 11.4 Å². The van der Waals surface area contributed by atoms with Crippen LogP contribution >= 0.6 is 0 Å². The molecule has 4 rings (SSSR count). The number of hydrogen-bond acceptors (Lipinski definition) is 5. The zero-order valence-corrected chi connectivity index (χ0v) is 12.2. The van der Waals surface area contributed by atoms with Crippen molar-refractivity contribution in [2.75, 3.05) is 0 Å². The zero-order chi connectivity index (χ0) is 14.9. The lowest BCUT2D eigenvalue weighted by Crippen LogP contribution is -1.90. The van der Waals surface area contributed by atoms with Gasteiger partial charge >= 0.3 is 0 Å². The molecule has 110 valence electrons. The Morgan fingerprint density at radius 2 is 1.95 bits per heavy atom. The number of aryl methyl sites for hydroxylation is 1. The maximum atomic E-state index is 5.79. The number of pyridine rings is 1. The maximum Gasteiger partial charge on any atom is 0.266 e. The quantitative estimate of drug-likeness (QED) is 0.724. The van der Waals surface area contributed by atoms with E-state index in [1.165, 1.54) is 0 Å². The Morgan fingerprint density at radius 1 is 1.09 bits per heavy atom. The first-order valence-electron chi connectivity index (χ1n) is 7.33. The topological polar surface area (TPSA) is 61.0 Å². The molecule has 0 bridgehead atoms. The van der Waals surface area contributed by atoms with Gasteiger partial charge in [-0.2, -0.15) is 0 Å². The Balaban J connectivity index is 1.59. The first kappa shape index (κ1) is 13.0. The van der Waals surface area contributed by atoms with E-state index in [0.717, 1.165) is 24.2 Å². The second-order valence-corrected chi connectivity index (χ2v) is 5.50. The summed E-state index contributed by atoms with van der Waals surface area (Å²) in [6.45, 7) is 2.02. The minimum atomic E-state index is 0.438. The lowest BCUT2D eigenvalue weighted by molar-refractivity contribution is 0.460. The monoisotopic (exact) mass is 293 g/mol. The van der Waals surface area contributed by atoms with Gasteiger partial charge < -0.3 is 9.15 Å². The average molecular weight is 293 g/mol. The molecule has 0 saturated heterocycles. The summed E-state index contributed by atoms with van der Waals surface area (Å²) in [7, 11) is 0. The van der Waals surface area contributed by atoms with Crippen LogP contribution in [0.3, 0.4) is 0 Å². The number of nitrogens with zero attached hydrogens (tertiary/aromatic N) is 3. The molecule has 0 N–H and O–H groups in total. The van der Waals surface area contributed by atoms with Crippen LogP contribution in [0.5, 0.6) is 11.6 Å². The molecule has 2 aromatic heterocycles. The Labute approximate surface area is 128 Å². The highest BCUT2D eigenvalue weighted by molar-refractivity contribution is 5.47. The Morgan fingerprint density at radius 3 is 2.77 bits per heavy atom. The molecule has 0 amide bonds. The highest BCUT2D eigenvalue weighted by Gasteiger charge is 2.29. The third-order valence-electron chi connectivity index (χ3n) is 3.52. The molecule has 0 spiro atoms. The third kappa shape index (κ3) is 2.70. The van der Waals surface area contributed by atoms with Crippen molar-refractivity contribution >= 4 is 0 Å². The van der Waals surface area contributed by atoms with Gasteiger partial charge in [0.05, 0.1) is 0 Å². The molecule has 5 nitrogen and oxygen atoms in total. The van der Waals surface area contributed by atoms with E-state index in [1.807, 2.05) is 49.4 Å². The predicted octanol–water partition coefficient (Wildman–Crippen LogP) is 4.11. The number of benzene rings is 1. The van der Waals surface area contributed by atoms with Crippen molar-refractivity contribution in [1.29, 1.82) is 0 Å². The summed E-state index contributed by atoms with van der Waals surface area (Å²) in [5, 5.41) is 8.16. The summed E-state index contributed by atoms with van der Waals surface area (Å²) < 4.78 is 11.5. The SMILES string of the molecule is Cc1cccc(Oc2cccc(-c3nnc(C4CC4)o3)n2)c1. The van der Waals surface area contributed by atoms with Gasteiger partial charge in [0.15, 0.2) is 0 Å². The van der Waals surface area contributed by atoms with Gasteiger partial charge in [-0.1, -0.05) is 18.2 Å². The molecule has 5 heteroatoms. The van der Waals surface area contributed by atoms with E-state index >= 15 is 0 Å². The molecule has 0 atom stereocenters. The lowest BCUT2D eigenvalue weighted by Gasteiger charge is -2.05. The fourth-order valence-electron chi connectivity index (χ4n) is 2.22. The summed E-state index contributed by atoms with van der Waals surface area (Å²) in [6.07, 6.45) is 2.26. The molecule has 2 heterocycles. The Hall–Kier alpha value is -2.69. The van der Waals surface area contributed by atoms with E-state index in [4.69, 9.17) is 9.15 Å². The van der Waals surface area contributed by atoms with Crippen molar-refractivity contribution in [3.05, 3.63) is 53.9 Å². The van der Waals surface area contributed by atoms with Crippen molar-refractivity contribution in [1.82, 2.24) is 15.2 Å². The minimum Gasteiger partial charge on any atom is -0.439 e. The third-order valence-corrected chi connectivity index (χ3v) is 3.52. The normalized spacial score (nSPS) is 14.0. The van der Waals surface area contributed by atoms with Crippen LogP contribution in [0, 0.1) is 6.92 Å². The number of rotatable bonds is 4. The molecule has 1 aliphatic carbocycles. The van der Waals surface area contributed by atoms with Crippen LogP contribution in [0.1, 0.15) is 30.2 Å². The van der Waals surface area contributed by atoms with E-state index in [9.17, 15) is 0 Å².